The third-order valence-electron chi connectivity index (χ3n) is 2.50. The van der Waals surface area contributed by atoms with Crippen LogP contribution in [0.15, 0.2) is 0 Å². The average molecular weight is 172 g/mol. The molecule has 0 bridgehead atoms. The molecule has 1 fully saturated rings. The molecule has 3 nitrogen and oxygen atoms in total. The van der Waals surface area contributed by atoms with E-state index in [1.807, 2.05) is 0 Å². The smallest absolute Gasteiger partial charge is 0.236 e. The largest absolute Gasteiger partial charge is 0.342 e. The minimum atomic E-state index is 0.0343. The molecule has 0 aromatic carbocycles. The van der Waals surface area contributed by atoms with Crippen LogP contribution in [0.3, 0.4) is 0 Å². The topological polar surface area (TPSA) is 46.3 Å². The monoisotopic (exact) mass is 172 g/mol. The molecule has 1 saturated heterocycles. The van der Waals surface area contributed by atoms with Crippen LogP contribution in [-0.2, 0) is 4.79 Å². The maximum absolute atomic E-state index is 11.2. The van der Waals surface area contributed by atoms with Gasteiger partial charge < -0.3 is 10.6 Å². The molecule has 0 radical (unpaired) electrons. The fraction of sp³-hybridized carbons (Fsp3) is 0.889. The Balaban J connectivity index is 2.43. The summed E-state index contributed by atoms with van der Waals surface area (Å²) in [6.07, 6.45) is 1.87. The van der Waals surface area contributed by atoms with E-state index in [4.69, 9.17) is 7.10 Å². The molecule has 1 aliphatic heterocycles. The molecular weight excluding hydrogens is 152 g/mol. The molecule has 1 heterocycles. The number of hydrogen-bond donors (Lipinski definition) is 1. The molecule has 70 valence electrons. The van der Waals surface area contributed by atoms with E-state index >= 15 is 0 Å². The van der Waals surface area contributed by atoms with Crippen molar-refractivity contribution in [3.63, 3.8) is 0 Å². The van der Waals surface area contributed by atoms with Crippen molar-refractivity contribution >= 4 is 5.91 Å². The van der Waals surface area contributed by atoms with Gasteiger partial charge in [-0.25, -0.2) is 0 Å². The molecule has 0 aliphatic carbocycles. The van der Waals surface area contributed by atoms with Crippen LogP contribution in [-0.4, -0.2) is 30.4 Å². The number of hydrogen-bond acceptors (Lipinski definition) is 2. The fourth-order valence-electron chi connectivity index (χ4n) is 1.43. The zero-order valence-electron chi connectivity index (χ0n) is 8.68. The SMILES string of the molecule is [3H]CC1(C)CCN(C(=O)CN)CC1. The van der Waals surface area contributed by atoms with Crippen molar-refractivity contribution in [1.82, 2.24) is 4.90 Å². The highest BCUT2D eigenvalue weighted by atomic mass is 16.2. The van der Waals surface area contributed by atoms with Crippen LogP contribution in [0.4, 0.5) is 0 Å². The van der Waals surface area contributed by atoms with E-state index in [1.165, 1.54) is 0 Å². The summed E-state index contributed by atoms with van der Waals surface area (Å²) in [4.78, 5) is 13.0. The summed E-state index contributed by atoms with van der Waals surface area (Å²) in [5, 5.41) is 0. The lowest BCUT2D eigenvalue weighted by atomic mass is 9.83. The Bertz CT molecular complexity index is 188. The van der Waals surface area contributed by atoms with Gasteiger partial charge in [-0.1, -0.05) is 13.8 Å². The molecule has 12 heavy (non-hydrogen) atoms. The molecule has 0 saturated carbocycles. The Labute approximate surface area is 75.3 Å². The molecule has 2 N–H and O–H groups in total. The molecule has 0 aromatic heterocycles. The van der Waals surface area contributed by atoms with Gasteiger partial charge in [-0.05, 0) is 18.3 Å². The van der Waals surface area contributed by atoms with E-state index in [1.54, 1.807) is 4.90 Å². The molecule has 0 atom stereocenters. The minimum Gasteiger partial charge on any atom is -0.342 e. The number of rotatable bonds is 1. The highest BCUT2D eigenvalue weighted by Crippen LogP contribution is 2.29. The summed E-state index contributed by atoms with van der Waals surface area (Å²) in [6, 6.07) is 0. The van der Waals surface area contributed by atoms with E-state index in [-0.39, 0.29) is 17.9 Å². The molecule has 0 spiro atoms. The van der Waals surface area contributed by atoms with Crippen molar-refractivity contribution in [2.24, 2.45) is 11.1 Å². The first-order chi connectivity index (χ1) is 6.11. The Morgan fingerprint density at radius 2 is 2.25 bits per heavy atom. The van der Waals surface area contributed by atoms with Crippen LogP contribution in [0.25, 0.3) is 0 Å². The summed E-state index contributed by atoms with van der Waals surface area (Å²) in [7, 11) is 0. The average Bonchev–Trinajstić information content (AvgIpc) is 2.18. The predicted octanol–water partition coefficient (Wildman–Crippen LogP) is 0.594. The van der Waals surface area contributed by atoms with Crippen LogP contribution in [0.1, 0.15) is 28.0 Å². The zero-order valence-corrected chi connectivity index (χ0v) is 7.68. The van der Waals surface area contributed by atoms with E-state index in [0.29, 0.717) is 6.90 Å². The van der Waals surface area contributed by atoms with Gasteiger partial charge >= 0.3 is 0 Å². The highest BCUT2D eigenvalue weighted by Gasteiger charge is 2.26. The quantitative estimate of drug-likeness (QED) is 0.629. The molecule has 1 aliphatic rings. The second-order valence-corrected chi connectivity index (χ2v) is 3.90. The Morgan fingerprint density at radius 1 is 1.67 bits per heavy atom. The predicted molar refractivity (Wildman–Crippen MR) is 48.6 cm³/mol. The molecule has 0 unspecified atom stereocenters. The molecule has 1 rings (SSSR count). The zero-order chi connectivity index (χ0) is 9.90. The number of amides is 1. The first-order valence-electron chi connectivity index (χ1n) is 5.09. The summed E-state index contributed by atoms with van der Waals surface area (Å²) in [6.45, 7) is 4.22. The Hall–Kier alpha value is -0.570. The summed E-state index contributed by atoms with van der Waals surface area (Å²) in [5.74, 6) is 0.0343. The Morgan fingerprint density at radius 3 is 2.67 bits per heavy atom. The van der Waals surface area contributed by atoms with Gasteiger partial charge in [-0.2, -0.15) is 0 Å². The molecule has 1 amide bonds. The van der Waals surface area contributed by atoms with Crippen LogP contribution >= 0.6 is 0 Å². The number of piperidine rings is 1. The van der Waals surface area contributed by atoms with Gasteiger partial charge in [0.15, 0.2) is 0 Å². The van der Waals surface area contributed by atoms with Gasteiger partial charge in [0.2, 0.25) is 5.91 Å². The first-order valence-corrected chi connectivity index (χ1v) is 4.38. The minimum absolute atomic E-state index is 0.0343. The second-order valence-electron chi connectivity index (χ2n) is 3.90. The van der Waals surface area contributed by atoms with Crippen molar-refractivity contribution in [2.45, 2.75) is 26.7 Å². The van der Waals surface area contributed by atoms with Gasteiger partial charge in [-0.15, -0.1) is 0 Å². The molecule has 3 heteroatoms. The molecular formula is C9H18N2O. The summed E-state index contributed by atoms with van der Waals surface area (Å²) >= 11 is 0. The lowest BCUT2D eigenvalue weighted by molar-refractivity contribution is -0.131. The van der Waals surface area contributed by atoms with Gasteiger partial charge in [0, 0.05) is 14.5 Å². The first kappa shape index (κ1) is 8.05. The van der Waals surface area contributed by atoms with Gasteiger partial charge in [0.1, 0.15) is 0 Å². The third-order valence-corrected chi connectivity index (χ3v) is 2.50. The number of carbonyl (C=O) groups excluding carboxylic acids is 1. The number of carbonyl (C=O) groups is 1. The van der Waals surface area contributed by atoms with Crippen LogP contribution in [0.2, 0.25) is 0 Å². The van der Waals surface area contributed by atoms with E-state index in [9.17, 15) is 4.79 Å². The van der Waals surface area contributed by atoms with E-state index in [2.05, 4.69) is 6.92 Å². The number of nitrogens with zero attached hydrogens (tertiary/aromatic N) is 1. The van der Waals surface area contributed by atoms with Gasteiger partial charge in [0.05, 0.1) is 6.54 Å². The third kappa shape index (κ3) is 2.21. The van der Waals surface area contributed by atoms with Crippen molar-refractivity contribution in [1.29, 1.82) is 0 Å². The van der Waals surface area contributed by atoms with E-state index < -0.39 is 0 Å². The normalized spacial score (nSPS) is 23.5. The lowest BCUT2D eigenvalue weighted by Crippen LogP contribution is -2.43. The van der Waals surface area contributed by atoms with Gasteiger partial charge in [-0.3, -0.25) is 4.79 Å². The van der Waals surface area contributed by atoms with Crippen LogP contribution < -0.4 is 5.73 Å². The van der Waals surface area contributed by atoms with Gasteiger partial charge in [0.25, 0.3) is 0 Å². The summed E-state index contributed by atoms with van der Waals surface area (Å²) < 4.78 is 7.38. The molecule has 0 aromatic rings. The van der Waals surface area contributed by atoms with Crippen molar-refractivity contribution in [2.75, 3.05) is 19.6 Å². The lowest BCUT2D eigenvalue weighted by Gasteiger charge is -2.36. The highest BCUT2D eigenvalue weighted by molar-refractivity contribution is 5.78. The van der Waals surface area contributed by atoms with Crippen molar-refractivity contribution < 1.29 is 6.17 Å². The second kappa shape index (κ2) is 3.44. The maximum Gasteiger partial charge on any atom is 0.236 e. The maximum atomic E-state index is 11.2. The number of nitrogens with two attached hydrogens (primary N) is 1. The summed E-state index contributed by atoms with van der Waals surface area (Å²) in [5.41, 5.74) is 5.39. The Kier molecular flexibility index (Phi) is 2.30. The van der Waals surface area contributed by atoms with Crippen molar-refractivity contribution in [3.05, 3.63) is 0 Å². The van der Waals surface area contributed by atoms with Crippen LogP contribution in [0.5, 0.6) is 0 Å². The van der Waals surface area contributed by atoms with Crippen LogP contribution in [0, 0.1) is 5.41 Å². The van der Waals surface area contributed by atoms with E-state index in [0.717, 1.165) is 25.9 Å². The standard InChI is InChI=1S/C9H18N2O/c1-9(2)3-5-11(6-4-9)8(12)7-10/h3-7,10H2,1-2H3/i1T. The van der Waals surface area contributed by atoms with Crippen molar-refractivity contribution in [3.8, 4) is 0 Å². The number of likely N-dealkylation sites (tertiary alicyclic amines) is 1. The fourth-order valence-corrected chi connectivity index (χ4v) is 1.43.